The average Bonchev–Trinajstić information content (AvgIpc) is 3.43. The van der Waals surface area contributed by atoms with Crippen molar-refractivity contribution in [2.75, 3.05) is 18.9 Å². The van der Waals surface area contributed by atoms with E-state index in [1.807, 2.05) is 18.2 Å². The molecule has 3 rings (SSSR count). The van der Waals surface area contributed by atoms with Crippen LogP contribution in [-0.4, -0.2) is 60.9 Å². The first kappa shape index (κ1) is 24.5. The molecule has 1 aromatic rings. The summed E-state index contributed by atoms with van der Waals surface area (Å²) in [5, 5.41) is 12.1. The highest BCUT2D eigenvalue weighted by atomic mass is 32.2. The Balaban J connectivity index is 1.47. The molecule has 2 aliphatic rings. The quantitative estimate of drug-likeness (QED) is 0.318. The second kappa shape index (κ2) is 9.36. The number of nitrogens with one attached hydrogen (secondary N) is 2. The predicted molar refractivity (Wildman–Crippen MR) is 120 cm³/mol. The number of hydrogen-bond acceptors (Lipinski definition) is 6. The summed E-state index contributed by atoms with van der Waals surface area (Å²) >= 11 is 0. The van der Waals surface area contributed by atoms with Crippen LogP contribution in [0, 0.1) is 0 Å². The standard InChI is InChI=1S/C22H33N3O6S/c1-16-19(26)23-20(27)25(16)12-5-4-6-13-32(29,30)24-22(10-11-22)17-8-7-9-18(14-17)31-15-21(2,3)28/h7-9,14,16,24,28H,4-6,10-13,15H2,1-3H3,(H,23,26,27)/t16-/m0/s1. The number of carbonyl (C=O) groups excluding carboxylic acids is 2. The summed E-state index contributed by atoms with van der Waals surface area (Å²) < 4.78 is 33.8. The highest BCUT2D eigenvalue weighted by Crippen LogP contribution is 2.47. The Morgan fingerprint density at radius 1 is 1.25 bits per heavy atom. The highest BCUT2D eigenvalue weighted by Gasteiger charge is 2.47. The van der Waals surface area contributed by atoms with Gasteiger partial charge in [-0.25, -0.2) is 17.9 Å². The Hall–Kier alpha value is -2.17. The Labute approximate surface area is 189 Å². The predicted octanol–water partition coefficient (Wildman–Crippen LogP) is 1.86. The number of ether oxygens (including phenoxy) is 1. The van der Waals surface area contributed by atoms with E-state index in [2.05, 4.69) is 10.0 Å². The molecular formula is C22H33N3O6S. The molecule has 32 heavy (non-hydrogen) atoms. The second-order valence-corrected chi connectivity index (χ2v) is 11.2. The maximum absolute atomic E-state index is 12.7. The molecule has 0 spiro atoms. The molecule has 178 valence electrons. The minimum atomic E-state index is -3.48. The zero-order valence-electron chi connectivity index (χ0n) is 18.9. The summed E-state index contributed by atoms with van der Waals surface area (Å²) in [6, 6.07) is 6.45. The van der Waals surface area contributed by atoms with Crippen LogP contribution in [0.3, 0.4) is 0 Å². The van der Waals surface area contributed by atoms with Gasteiger partial charge in [0.2, 0.25) is 10.0 Å². The van der Waals surface area contributed by atoms with Crippen LogP contribution in [0.1, 0.15) is 58.4 Å². The third-order valence-corrected chi connectivity index (χ3v) is 7.26. The van der Waals surface area contributed by atoms with Crippen molar-refractivity contribution in [3.8, 4) is 5.75 Å². The van der Waals surface area contributed by atoms with Gasteiger partial charge in [-0.15, -0.1) is 0 Å². The monoisotopic (exact) mass is 467 g/mol. The van der Waals surface area contributed by atoms with Crippen molar-refractivity contribution in [1.29, 1.82) is 0 Å². The van der Waals surface area contributed by atoms with Gasteiger partial charge in [0.05, 0.1) is 16.9 Å². The van der Waals surface area contributed by atoms with Crippen LogP contribution in [0.2, 0.25) is 0 Å². The van der Waals surface area contributed by atoms with E-state index >= 15 is 0 Å². The van der Waals surface area contributed by atoms with Crippen LogP contribution < -0.4 is 14.8 Å². The number of nitrogens with zero attached hydrogens (tertiary/aromatic N) is 1. The molecule has 1 saturated heterocycles. The number of urea groups is 1. The Bertz CT molecular complexity index is 953. The lowest BCUT2D eigenvalue weighted by Gasteiger charge is -2.21. The van der Waals surface area contributed by atoms with E-state index in [0.717, 1.165) is 18.4 Å². The largest absolute Gasteiger partial charge is 0.491 e. The third kappa shape index (κ3) is 6.43. The van der Waals surface area contributed by atoms with Gasteiger partial charge in [-0.05, 0) is 64.2 Å². The van der Waals surface area contributed by atoms with E-state index in [4.69, 9.17) is 4.74 Å². The van der Waals surface area contributed by atoms with Crippen molar-refractivity contribution < 1.29 is 27.9 Å². The molecule has 9 nitrogen and oxygen atoms in total. The molecule has 3 N–H and O–H groups in total. The van der Waals surface area contributed by atoms with E-state index in [1.165, 1.54) is 4.90 Å². The van der Waals surface area contributed by atoms with Crippen LogP contribution in [-0.2, 0) is 20.4 Å². The van der Waals surface area contributed by atoms with Crippen LogP contribution in [0.4, 0.5) is 4.79 Å². The van der Waals surface area contributed by atoms with Crippen molar-refractivity contribution in [2.45, 2.75) is 70.1 Å². The lowest BCUT2D eigenvalue weighted by Crippen LogP contribution is -2.36. The van der Waals surface area contributed by atoms with E-state index in [-0.39, 0.29) is 24.3 Å². The summed E-state index contributed by atoms with van der Waals surface area (Å²) in [7, 11) is -3.48. The number of unbranched alkanes of at least 4 members (excludes halogenated alkanes) is 2. The summed E-state index contributed by atoms with van der Waals surface area (Å²) in [4.78, 5) is 24.7. The van der Waals surface area contributed by atoms with E-state index in [1.54, 1.807) is 26.8 Å². The van der Waals surface area contributed by atoms with Gasteiger partial charge >= 0.3 is 6.03 Å². The molecule has 1 saturated carbocycles. The first-order chi connectivity index (χ1) is 14.9. The normalized spacial score (nSPS) is 20.4. The van der Waals surface area contributed by atoms with Crippen molar-refractivity contribution in [2.24, 2.45) is 0 Å². The molecule has 2 fully saturated rings. The van der Waals surface area contributed by atoms with Gasteiger partial charge in [0.15, 0.2) is 0 Å². The number of aliphatic hydroxyl groups is 1. The van der Waals surface area contributed by atoms with Crippen molar-refractivity contribution in [3.63, 3.8) is 0 Å². The molecule has 1 heterocycles. The van der Waals surface area contributed by atoms with E-state index in [0.29, 0.717) is 31.6 Å². The summed E-state index contributed by atoms with van der Waals surface area (Å²) in [5.41, 5.74) is -0.704. The van der Waals surface area contributed by atoms with Crippen molar-refractivity contribution in [1.82, 2.24) is 14.9 Å². The fourth-order valence-corrected chi connectivity index (χ4v) is 5.32. The minimum Gasteiger partial charge on any atom is -0.491 e. The average molecular weight is 468 g/mol. The lowest BCUT2D eigenvalue weighted by molar-refractivity contribution is -0.121. The maximum Gasteiger partial charge on any atom is 0.324 e. The van der Waals surface area contributed by atoms with Gasteiger partial charge in [0.1, 0.15) is 18.4 Å². The lowest BCUT2D eigenvalue weighted by atomic mass is 10.1. The Kier molecular flexibility index (Phi) is 7.16. The first-order valence-corrected chi connectivity index (χ1v) is 12.6. The molecule has 1 aliphatic heterocycles. The minimum absolute atomic E-state index is 0.00429. The number of sulfonamides is 1. The molecule has 1 aliphatic carbocycles. The van der Waals surface area contributed by atoms with E-state index < -0.39 is 27.2 Å². The smallest absolute Gasteiger partial charge is 0.324 e. The molecule has 3 amide bonds. The fraction of sp³-hybridized carbons (Fsp3) is 0.636. The first-order valence-electron chi connectivity index (χ1n) is 11.0. The summed E-state index contributed by atoms with van der Waals surface area (Å²) in [6.07, 6.45) is 3.18. The Morgan fingerprint density at radius 3 is 2.56 bits per heavy atom. The van der Waals surface area contributed by atoms with Gasteiger partial charge in [-0.1, -0.05) is 18.6 Å². The van der Waals surface area contributed by atoms with Crippen LogP contribution in [0.5, 0.6) is 5.75 Å². The van der Waals surface area contributed by atoms with Crippen LogP contribution >= 0.6 is 0 Å². The number of imide groups is 1. The number of benzene rings is 1. The number of rotatable bonds is 12. The molecular weight excluding hydrogens is 434 g/mol. The van der Waals surface area contributed by atoms with Crippen molar-refractivity contribution in [3.05, 3.63) is 29.8 Å². The van der Waals surface area contributed by atoms with Gasteiger partial charge in [-0.2, -0.15) is 0 Å². The number of carbonyl (C=O) groups is 2. The highest BCUT2D eigenvalue weighted by molar-refractivity contribution is 7.89. The summed E-state index contributed by atoms with van der Waals surface area (Å²) in [5.74, 6) is 0.296. The molecule has 0 bridgehead atoms. The zero-order valence-corrected chi connectivity index (χ0v) is 19.7. The molecule has 0 unspecified atom stereocenters. The summed E-state index contributed by atoms with van der Waals surface area (Å²) in [6.45, 7) is 5.56. The zero-order chi connectivity index (χ0) is 23.6. The molecule has 0 radical (unpaired) electrons. The van der Waals surface area contributed by atoms with Gasteiger partial charge in [-0.3, -0.25) is 10.1 Å². The number of amides is 3. The molecule has 0 aromatic heterocycles. The van der Waals surface area contributed by atoms with Crippen LogP contribution in [0.15, 0.2) is 24.3 Å². The maximum atomic E-state index is 12.7. The second-order valence-electron chi connectivity index (χ2n) is 9.36. The molecule has 10 heteroatoms. The fourth-order valence-electron chi connectivity index (χ4n) is 3.71. The topological polar surface area (TPSA) is 125 Å². The molecule has 1 atom stereocenters. The van der Waals surface area contributed by atoms with Gasteiger partial charge in [0.25, 0.3) is 5.91 Å². The van der Waals surface area contributed by atoms with Gasteiger partial charge < -0.3 is 14.7 Å². The van der Waals surface area contributed by atoms with Gasteiger partial charge in [0, 0.05) is 6.54 Å². The SMILES string of the molecule is C[C@H]1C(=O)NC(=O)N1CCCCCS(=O)(=O)NC1(c2cccc(OCC(C)(C)O)c2)CC1. The van der Waals surface area contributed by atoms with Crippen molar-refractivity contribution >= 4 is 22.0 Å². The number of hydrogen-bond donors (Lipinski definition) is 3. The molecule has 1 aromatic carbocycles. The third-order valence-electron chi connectivity index (χ3n) is 5.73. The van der Waals surface area contributed by atoms with Crippen LogP contribution in [0.25, 0.3) is 0 Å². The van der Waals surface area contributed by atoms with E-state index in [9.17, 15) is 23.1 Å². The Morgan fingerprint density at radius 2 is 1.97 bits per heavy atom.